The van der Waals surface area contributed by atoms with Crippen molar-refractivity contribution in [1.29, 1.82) is 0 Å². The first-order chi connectivity index (χ1) is 36.0. The lowest BCUT2D eigenvalue weighted by Crippen LogP contribution is -2.30. The summed E-state index contributed by atoms with van der Waals surface area (Å²) in [6.07, 6.45) is 83.3. The molecule has 1 atom stereocenters. The Bertz CT molecular complexity index is 1540. The first-order valence-electron chi connectivity index (χ1n) is 30.0. The van der Waals surface area contributed by atoms with Crippen molar-refractivity contribution in [3.63, 3.8) is 0 Å². The largest absolute Gasteiger partial charge is 0.462 e. The van der Waals surface area contributed by atoms with Crippen molar-refractivity contribution in [3.8, 4) is 0 Å². The second kappa shape index (κ2) is 60.4. The van der Waals surface area contributed by atoms with Crippen LogP contribution in [0.5, 0.6) is 0 Å². The van der Waals surface area contributed by atoms with E-state index >= 15 is 0 Å². The number of unbranched alkanes of at least 4 members (excludes halogenated alkanes) is 22. The van der Waals surface area contributed by atoms with Crippen LogP contribution in [-0.4, -0.2) is 37.2 Å². The molecule has 0 bridgehead atoms. The fourth-order valence-electron chi connectivity index (χ4n) is 7.92. The minimum Gasteiger partial charge on any atom is -0.462 e. The SMILES string of the molecule is CC/C=C\C/C=C\C/C=C\C/C=C\C/C=C\CCCCCC(=O)OC[C@H](COC(=O)CCCCC/C=C\C/C=C\C/C=C\C/C=C\CCCCC)OC(=O)CCCCCCCCC/C=C\CCCCCCCC. The molecule has 0 unspecified atom stereocenters. The molecule has 0 aliphatic carbocycles. The molecule has 73 heavy (non-hydrogen) atoms. The third kappa shape index (κ3) is 58.6. The molecule has 0 saturated heterocycles. The van der Waals surface area contributed by atoms with Gasteiger partial charge < -0.3 is 14.2 Å². The van der Waals surface area contributed by atoms with Crippen molar-refractivity contribution < 1.29 is 28.6 Å². The highest BCUT2D eigenvalue weighted by Gasteiger charge is 2.19. The molecule has 0 amide bonds. The Balaban J connectivity index is 4.53. The molecule has 0 saturated carbocycles. The number of esters is 3. The summed E-state index contributed by atoms with van der Waals surface area (Å²) in [6, 6.07) is 0. The van der Waals surface area contributed by atoms with Gasteiger partial charge in [-0.15, -0.1) is 0 Å². The maximum Gasteiger partial charge on any atom is 0.306 e. The average molecular weight is 1010 g/mol. The van der Waals surface area contributed by atoms with E-state index in [4.69, 9.17) is 14.2 Å². The van der Waals surface area contributed by atoms with Gasteiger partial charge in [-0.1, -0.05) is 232 Å². The van der Waals surface area contributed by atoms with Gasteiger partial charge in [0.2, 0.25) is 0 Å². The van der Waals surface area contributed by atoms with Gasteiger partial charge in [0.15, 0.2) is 6.10 Å². The lowest BCUT2D eigenvalue weighted by molar-refractivity contribution is -0.167. The van der Waals surface area contributed by atoms with Crippen LogP contribution in [0, 0.1) is 0 Å². The Labute approximate surface area is 450 Å². The third-order valence-corrected chi connectivity index (χ3v) is 12.4. The first-order valence-corrected chi connectivity index (χ1v) is 30.0. The molecule has 0 aliphatic rings. The molecule has 0 N–H and O–H groups in total. The smallest absolute Gasteiger partial charge is 0.306 e. The quantitative estimate of drug-likeness (QED) is 0.0261. The van der Waals surface area contributed by atoms with Crippen LogP contribution in [0.25, 0.3) is 0 Å². The molecule has 414 valence electrons. The predicted molar refractivity (Wildman–Crippen MR) is 316 cm³/mol. The summed E-state index contributed by atoms with van der Waals surface area (Å²) in [6.45, 7) is 6.44. The van der Waals surface area contributed by atoms with E-state index in [-0.39, 0.29) is 31.1 Å². The molecule has 6 nitrogen and oxygen atoms in total. The molecular formula is C67H110O6. The van der Waals surface area contributed by atoms with Crippen LogP contribution in [0.1, 0.15) is 265 Å². The number of carbonyl (C=O) groups excluding carboxylic acids is 3. The number of hydrogen-bond acceptors (Lipinski definition) is 6. The zero-order valence-electron chi connectivity index (χ0n) is 47.4. The van der Waals surface area contributed by atoms with E-state index in [0.29, 0.717) is 19.3 Å². The highest BCUT2D eigenvalue weighted by molar-refractivity contribution is 5.71. The van der Waals surface area contributed by atoms with Crippen LogP contribution in [0.3, 0.4) is 0 Å². The highest BCUT2D eigenvalue weighted by atomic mass is 16.6. The second-order valence-corrected chi connectivity index (χ2v) is 19.5. The summed E-state index contributed by atoms with van der Waals surface area (Å²) in [5.41, 5.74) is 0. The number of hydrogen-bond donors (Lipinski definition) is 0. The topological polar surface area (TPSA) is 78.9 Å². The molecule has 0 rings (SSSR count). The maximum absolute atomic E-state index is 12.9. The first kappa shape index (κ1) is 68.8. The van der Waals surface area contributed by atoms with Gasteiger partial charge in [-0.3, -0.25) is 14.4 Å². The summed E-state index contributed by atoms with van der Waals surface area (Å²) in [5.74, 6) is -0.973. The molecule has 0 heterocycles. The van der Waals surface area contributed by atoms with Crippen LogP contribution in [0.15, 0.2) is 122 Å². The van der Waals surface area contributed by atoms with Crippen LogP contribution >= 0.6 is 0 Å². The minimum absolute atomic E-state index is 0.110. The maximum atomic E-state index is 12.9. The zero-order valence-corrected chi connectivity index (χ0v) is 47.4. The fraction of sp³-hybridized carbons (Fsp3) is 0.657. The van der Waals surface area contributed by atoms with Gasteiger partial charge in [0.05, 0.1) is 0 Å². The van der Waals surface area contributed by atoms with Gasteiger partial charge in [-0.2, -0.15) is 0 Å². The van der Waals surface area contributed by atoms with Crippen LogP contribution in [-0.2, 0) is 28.6 Å². The van der Waals surface area contributed by atoms with Crippen molar-refractivity contribution in [3.05, 3.63) is 122 Å². The third-order valence-electron chi connectivity index (χ3n) is 12.4. The monoisotopic (exact) mass is 1010 g/mol. The predicted octanol–water partition coefficient (Wildman–Crippen LogP) is 20.4. The molecule has 0 aliphatic heterocycles. The Morgan fingerprint density at radius 2 is 0.534 bits per heavy atom. The van der Waals surface area contributed by atoms with E-state index in [1.807, 2.05) is 0 Å². The van der Waals surface area contributed by atoms with E-state index in [9.17, 15) is 14.4 Å². The van der Waals surface area contributed by atoms with Gasteiger partial charge in [-0.05, 0) is 135 Å². The normalized spacial score (nSPS) is 13.0. The van der Waals surface area contributed by atoms with Crippen molar-refractivity contribution in [2.45, 2.75) is 271 Å². The highest BCUT2D eigenvalue weighted by Crippen LogP contribution is 2.14. The van der Waals surface area contributed by atoms with Crippen LogP contribution < -0.4 is 0 Å². The fourth-order valence-corrected chi connectivity index (χ4v) is 7.92. The van der Waals surface area contributed by atoms with E-state index < -0.39 is 6.10 Å². The van der Waals surface area contributed by atoms with Crippen molar-refractivity contribution in [1.82, 2.24) is 0 Å². The Kier molecular flexibility index (Phi) is 56.9. The lowest BCUT2D eigenvalue weighted by Gasteiger charge is -2.18. The van der Waals surface area contributed by atoms with Crippen LogP contribution in [0.4, 0.5) is 0 Å². The summed E-state index contributed by atoms with van der Waals surface area (Å²) in [4.78, 5) is 38.2. The van der Waals surface area contributed by atoms with Gasteiger partial charge in [-0.25, -0.2) is 0 Å². The van der Waals surface area contributed by atoms with Gasteiger partial charge in [0, 0.05) is 19.3 Å². The molecule has 6 heteroatoms. The molecule has 0 spiro atoms. The zero-order chi connectivity index (χ0) is 52.9. The summed E-state index contributed by atoms with van der Waals surface area (Å²) < 4.78 is 16.8. The van der Waals surface area contributed by atoms with E-state index in [1.165, 1.54) is 103 Å². The Hall–Kier alpha value is -4.19. The van der Waals surface area contributed by atoms with Gasteiger partial charge in [0.1, 0.15) is 13.2 Å². The summed E-state index contributed by atoms with van der Waals surface area (Å²) in [7, 11) is 0. The standard InChI is InChI=1S/C67H110O6/c1-4-7-10-13-16-19-22-25-28-31-33-36-38-41-44-47-50-53-56-59-65(68)71-62-64(73-67(70)61-58-55-52-49-46-43-40-35-30-27-24-21-18-15-12-9-6-3)63-72-66(69)60-57-54-51-48-45-42-39-37-34-32-29-26-23-20-17-14-11-8-5-2/h7,10,16-17,19-20,25-30,33-34,36-37,41-42,44-45,64H,4-6,8-9,11-15,18,21-24,31-32,35,38-40,43,46-63H2,1-3H3/b10-7-,19-16-,20-17-,28-25-,29-26-,30-27-,36-33-,37-34-,44-41-,45-42-/t64-/m1/s1. The summed E-state index contributed by atoms with van der Waals surface area (Å²) in [5, 5.41) is 0. The Morgan fingerprint density at radius 1 is 0.288 bits per heavy atom. The molecule has 0 aromatic carbocycles. The van der Waals surface area contributed by atoms with E-state index in [2.05, 4.69) is 142 Å². The minimum atomic E-state index is -0.812. The Morgan fingerprint density at radius 3 is 0.890 bits per heavy atom. The number of rotatable bonds is 53. The lowest BCUT2D eigenvalue weighted by atomic mass is 10.1. The van der Waals surface area contributed by atoms with Gasteiger partial charge >= 0.3 is 17.9 Å². The van der Waals surface area contributed by atoms with Crippen LogP contribution in [0.2, 0.25) is 0 Å². The van der Waals surface area contributed by atoms with Crippen molar-refractivity contribution >= 4 is 17.9 Å². The van der Waals surface area contributed by atoms with Crippen molar-refractivity contribution in [2.75, 3.05) is 13.2 Å². The summed E-state index contributed by atoms with van der Waals surface area (Å²) >= 11 is 0. The molecule has 0 aromatic heterocycles. The van der Waals surface area contributed by atoms with Gasteiger partial charge in [0.25, 0.3) is 0 Å². The second-order valence-electron chi connectivity index (χ2n) is 19.5. The number of allylic oxidation sites excluding steroid dienone is 20. The number of carbonyl (C=O) groups is 3. The van der Waals surface area contributed by atoms with Crippen molar-refractivity contribution in [2.24, 2.45) is 0 Å². The van der Waals surface area contributed by atoms with E-state index in [0.717, 1.165) is 122 Å². The van der Waals surface area contributed by atoms with E-state index in [1.54, 1.807) is 0 Å². The average Bonchev–Trinajstić information content (AvgIpc) is 3.39. The molecule has 0 aromatic rings. The molecule has 0 fully saturated rings. The molecular weight excluding hydrogens is 901 g/mol. The number of ether oxygens (including phenoxy) is 3. The molecule has 0 radical (unpaired) electrons.